The molecule has 3 heterocycles. The number of benzene rings is 1. The summed E-state index contributed by atoms with van der Waals surface area (Å²) < 4.78 is 34.5. The van der Waals surface area contributed by atoms with Gasteiger partial charge in [0.1, 0.15) is 10.8 Å². The van der Waals surface area contributed by atoms with Gasteiger partial charge in [0.15, 0.2) is 16.7 Å². The van der Waals surface area contributed by atoms with Crippen LogP contribution in [0.3, 0.4) is 0 Å². The zero-order valence-electron chi connectivity index (χ0n) is 17.8. The second kappa shape index (κ2) is 9.67. The highest BCUT2D eigenvalue weighted by Gasteiger charge is 2.21. The number of ether oxygens (including phenoxy) is 1. The standard InChI is InChI=1S/C22H18F2N4O3S2/c1-11-16(20(32-3)27-18(25-11)15-5-4-10-30-15)19(29)28-22-26-17(12(2)33-22)13-6-8-14(9-7-13)31-21(23)24/h4-10,21H,1-3H3,(H,26,28,29). The number of hydrogen-bond donors (Lipinski definition) is 1. The fourth-order valence-electron chi connectivity index (χ4n) is 3.14. The Hall–Kier alpha value is -3.31. The van der Waals surface area contributed by atoms with Crippen molar-refractivity contribution >= 4 is 34.1 Å². The Balaban J connectivity index is 1.57. The molecule has 0 saturated carbocycles. The van der Waals surface area contributed by atoms with E-state index in [1.165, 1.54) is 41.5 Å². The van der Waals surface area contributed by atoms with Crippen LogP contribution in [-0.4, -0.2) is 33.7 Å². The molecule has 0 unspecified atom stereocenters. The normalized spacial score (nSPS) is 11.1. The minimum absolute atomic E-state index is 0.0632. The van der Waals surface area contributed by atoms with E-state index >= 15 is 0 Å². The zero-order valence-corrected chi connectivity index (χ0v) is 19.4. The Morgan fingerprint density at radius 3 is 2.55 bits per heavy atom. The highest BCUT2D eigenvalue weighted by Crippen LogP contribution is 2.32. The van der Waals surface area contributed by atoms with E-state index in [2.05, 4.69) is 25.0 Å². The molecule has 0 aliphatic rings. The van der Waals surface area contributed by atoms with Crippen molar-refractivity contribution in [1.29, 1.82) is 0 Å². The molecule has 1 amide bonds. The molecule has 0 bridgehead atoms. The van der Waals surface area contributed by atoms with Crippen molar-refractivity contribution in [2.45, 2.75) is 25.5 Å². The van der Waals surface area contributed by atoms with Gasteiger partial charge in [-0.05, 0) is 56.5 Å². The number of halogens is 2. The number of nitrogens with zero attached hydrogens (tertiary/aromatic N) is 3. The smallest absolute Gasteiger partial charge is 0.387 e. The van der Waals surface area contributed by atoms with E-state index in [4.69, 9.17) is 4.42 Å². The van der Waals surface area contributed by atoms with Gasteiger partial charge in [-0.15, -0.1) is 23.1 Å². The Bertz CT molecular complexity index is 1280. The van der Waals surface area contributed by atoms with Crippen molar-refractivity contribution < 1.29 is 22.7 Å². The third kappa shape index (κ3) is 5.04. The largest absolute Gasteiger partial charge is 0.461 e. The van der Waals surface area contributed by atoms with Crippen LogP contribution in [-0.2, 0) is 0 Å². The molecule has 0 aliphatic carbocycles. The van der Waals surface area contributed by atoms with Crippen LogP contribution in [0.4, 0.5) is 13.9 Å². The fourth-order valence-corrected chi connectivity index (χ4v) is 4.60. The molecular formula is C22H18F2N4O3S2. The van der Waals surface area contributed by atoms with Gasteiger partial charge in [-0.25, -0.2) is 15.0 Å². The van der Waals surface area contributed by atoms with Crippen LogP contribution in [0.1, 0.15) is 20.9 Å². The maximum Gasteiger partial charge on any atom is 0.387 e. The Morgan fingerprint density at radius 2 is 1.91 bits per heavy atom. The van der Waals surface area contributed by atoms with Gasteiger partial charge in [0.25, 0.3) is 5.91 Å². The van der Waals surface area contributed by atoms with Crippen LogP contribution in [0.5, 0.6) is 5.75 Å². The molecule has 1 aromatic carbocycles. The molecule has 11 heteroatoms. The van der Waals surface area contributed by atoms with Gasteiger partial charge >= 0.3 is 6.61 Å². The third-order valence-corrected chi connectivity index (χ3v) is 6.16. The number of rotatable bonds is 7. The lowest BCUT2D eigenvalue weighted by atomic mass is 10.1. The number of nitrogens with one attached hydrogen (secondary N) is 1. The average Bonchev–Trinajstić information content (AvgIpc) is 3.43. The van der Waals surface area contributed by atoms with Crippen LogP contribution in [0.15, 0.2) is 52.1 Å². The monoisotopic (exact) mass is 488 g/mol. The fraction of sp³-hybridized carbons (Fsp3) is 0.182. The van der Waals surface area contributed by atoms with E-state index in [0.29, 0.717) is 38.7 Å². The van der Waals surface area contributed by atoms with Crippen molar-refractivity contribution in [3.8, 4) is 28.6 Å². The number of thiazole rings is 1. The van der Waals surface area contributed by atoms with E-state index in [1.54, 1.807) is 31.2 Å². The molecule has 3 aromatic heterocycles. The second-order valence-electron chi connectivity index (χ2n) is 6.78. The molecule has 0 atom stereocenters. The Kier molecular flexibility index (Phi) is 6.70. The molecule has 4 rings (SSSR count). The molecule has 0 saturated heterocycles. The summed E-state index contributed by atoms with van der Waals surface area (Å²) in [5.41, 5.74) is 2.24. The summed E-state index contributed by atoms with van der Waals surface area (Å²) in [6.45, 7) is 0.724. The molecule has 0 aliphatic heterocycles. The minimum atomic E-state index is -2.88. The van der Waals surface area contributed by atoms with Gasteiger partial charge in [-0.3, -0.25) is 10.1 Å². The molecule has 0 radical (unpaired) electrons. The van der Waals surface area contributed by atoms with Crippen molar-refractivity contribution in [3.05, 3.63) is 58.8 Å². The average molecular weight is 489 g/mol. The lowest BCUT2D eigenvalue weighted by Crippen LogP contribution is -2.16. The van der Waals surface area contributed by atoms with E-state index < -0.39 is 6.61 Å². The molecule has 4 aromatic rings. The van der Waals surface area contributed by atoms with Gasteiger partial charge in [0.05, 0.1) is 23.2 Å². The van der Waals surface area contributed by atoms with Gasteiger partial charge < -0.3 is 9.15 Å². The predicted octanol–water partition coefficient (Wildman–Crippen LogP) is 6.05. The topological polar surface area (TPSA) is 90.1 Å². The molecule has 1 N–H and O–H groups in total. The van der Waals surface area contributed by atoms with Crippen LogP contribution in [0.2, 0.25) is 0 Å². The first-order valence-corrected chi connectivity index (χ1v) is 11.7. The third-order valence-electron chi connectivity index (χ3n) is 4.59. The van der Waals surface area contributed by atoms with Crippen molar-refractivity contribution in [1.82, 2.24) is 15.0 Å². The van der Waals surface area contributed by atoms with E-state index in [0.717, 1.165) is 10.4 Å². The highest BCUT2D eigenvalue weighted by molar-refractivity contribution is 7.98. The van der Waals surface area contributed by atoms with Crippen LogP contribution < -0.4 is 10.1 Å². The van der Waals surface area contributed by atoms with Crippen LogP contribution in [0.25, 0.3) is 22.8 Å². The summed E-state index contributed by atoms with van der Waals surface area (Å²) in [7, 11) is 0. The molecule has 0 spiro atoms. The van der Waals surface area contributed by atoms with E-state index in [-0.39, 0.29) is 11.7 Å². The van der Waals surface area contributed by atoms with Crippen molar-refractivity contribution in [2.75, 3.05) is 11.6 Å². The quantitative estimate of drug-likeness (QED) is 0.250. The van der Waals surface area contributed by atoms with Crippen molar-refractivity contribution in [2.24, 2.45) is 0 Å². The number of hydrogen-bond acceptors (Lipinski definition) is 8. The maximum atomic E-state index is 13.1. The summed E-state index contributed by atoms with van der Waals surface area (Å²) in [5.74, 6) is 0.618. The van der Waals surface area contributed by atoms with Crippen molar-refractivity contribution in [3.63, 3.8) is 0 Å². The summed E-state index contributed by atoms with van der Waals surface area (Å²) >= 11 is 2.65. The summed E-state index contributed by atoms with van der Waals surface area (Å²) in [6.07, 6.45) is 3.37. The summed E-state index contributed by atoms with van der Waals surface area (Å²) in [5, 5.41) is 3.75. The number of anilines is 1. The lowest BCUT2D eigenvalue weighted by molar-refractivity contribution is -0.0498. The first kappa shape index (κ1) is 22.9. The number of amides is 1. The van der Waals surface area contributed by atoms with Gasteiger partial charge in [-0.2, -0.15) is 8.78 Å². The van der Waals surface area contributed by atoms with Crippen LogP contribution >= 0.6 is 23.1 Å². The molecule has 7 nitrogen and oxygen atoms in total. The van der Waals surface area contributed by atoms with E-state index in [1.807, 2.05) is 13.2 Å². The first-order valence-electron chi connectivity index (χ1n) is 9.66. The lowest BCUT2D eigenvalue weighted by Gasteiger charge is -2.10. The Morgan fingerprint density at radius 1 is 1.15 bits per heavy atom. The number of aromatic nitrogens is 3. The number of carbonyl (C=O) groups is 1. The number of carbonyl (C=O) groups excluding carboxylic acids is 1. The number of furan rings is 1. The van der Waals surface area contributed by atoms with Crippen LogP contribution in [0, 0.1) is 13.8 Å². The second-order valence-corrected chi connectivity index (χ2v) is 8.77. The van der Waals surface area contributed by atoms with Gasteiger partial charge in [0.2, 0.25) is 0 Å². The van der Waals surface area contributed by atoms with E-state index in [9.17, 15) is 13.6 Å². The molecular weight excluding hydrogens is 470 g/mol. The molecule has 33 heavy (non-hydrogen) atoms. The summed E-state index contributed by atoms with van der Waals surface area (Å²) in [6, 6.07) is 9.68. The number of thioether (sulfide) groups is 1. The first-order chi connectivity index (χ1) is 15.9. The van der Waals surface area contributed by atoms with Gasteiger partial charge in [-0.1, -0.05) is 0 Å². The predicted molar refractivity (Wildman–Crippen MR) is 123 cm³/mol. The Labute approximate surface area is 196 Å². The zero-order chi connectivity index (χ0) is 23.5. The molecule has 0 fully saturated rings. The number of aryl methyl sites for hydroxylation is 2. The van der Waals surface area contributed by atoms with Gasteiger partial charge in [0, 0.05) is 10.4 Å². The summed E-state index contributed by atoms with van der Waals surface area (Å²) in [4.78, 5) is 27.3. The minimum Gasteiger partial charge on any atom is -0.461 e. The maximum absolute atomic E-state index is 13.1. The molecule has 170 valence electrons. The highest BCUT2D eigenvalue weighted by atomic mass is 32.2. The SMILES string of the molecule is CSc1nc(-c2ccco2)nc(C)c1C(=O)Nc1nc(-c2ccc(OC(F)F)cc2)c(C)s1. The number of alkyl halides is 2.